The van der Waals surface area contributed by atoms with Gasteiger partial charge in [-0.05, 0) is 58.6 Å². The average Bonchev–Trinajstić information content (AvgIpc) is 2.66. The van der Waals surface area contributed by atoms with Gasteiger partial charge in [0.25, 0.3) is 0 Å². The van der Waals surface area contributed by atoms with Crippen molar-refractivity contribution in [2.24, 2.45) is 0 Å². The molecule has 0 bridgehead atoms. The fraction of sp³-hybridized carbons (Fsp3) is 0.231. The summed E-state index contributed by atoms with van der Waals surface area (Å²) in [6.07, 6.45) is 2.25. The molecule has 0 aliphatic rings. The van der Waals surface area contributed by atoms with Crippen molar-refractivity contribution >= 4 is 20.0 Å². The molecule has 3 aromatic carbocycles. The van der Waals surface area contributed by atoms with E-state index in [2.05, 4.69) is 119 Å². The zero-order chi connectivity index (χ0) is 20.2. The van der Waals surface area contributed by atoms with Crippen molar-refractivity contribution in [3.05, 3.63) is 102 Å². The van der Waals surface area contributed by atoms with Crippen LogP contribution in [0, 0.1) is 0 Å². The molecule has 0 radical (unpaired) electrons. The largest absolute Gasteiger partial charge is 0.543 e. The van der Waals surface area contributed by atoms with Gasteiger partial charge in [0.05, 0.1) is 0 Å². The van der Waals surface area contributed by atoms with Crippen LogP contribution >= 0.6 is 0 Å². The zero-order valence-electron chi connectivity index (χ0n) is 17.6. The molecule has 0 atom stereocenters. The third kappa shape index (κ3) is 4.82. The zero-order valence-corrected chi connectivity index (χ0v) is 18.6. The Bertz CT molecular complexity index is 935. The minimum atomic E-state index is -1.88. The van der Waals surface area contributed by atoms with Gasteiger partial charge in [-0.15, -0.1) is 0 Å². The van der Waals surface area contributed by atoms with Gasteiger partial charge in [0, 0.05) is 0 Å². The molecule has 2 heteroatoms. The van der Waals surface area contributed by atoms with E-state index in [0.717, 1.165) is 5.75 Å². The Morgan fingerprint density at radius 3 is 1.93 bits per heavy atom. The molecule has 0 amide bonds. The summed E-state index contributed by atoms with van der Waals surface area (Å²) in [5.74, 6) is 0.957. The second kappa shape index (κ2) is 8.20. The molecular formula is C26H30OSi. The number of hydrogen-bond acceptors (Lipinski definition) is 1. The first-order chi connectivity index (χ1) is 13.3. The average molecular weight is 387 g/mol. The Morgan fingerprint density at radius 2 is 1.32 bits per heavy atom. The number of benzene rings is 3. The topological polar surface area (TPSA) is 9.23 Å². The van der Waals surface area contributed by atoms with Crippen LogP contribution in [0.4, 0.5) is 0 Å². The van der Waals surface area contributed by atoms with Gasteiger partial charge in [-0.25, -0.2) is 0 Å². The van der Waals surface area contributed by atoms with Crippen LogP contribution < -0.4 is 4.43 Å². The quantitative estimate of drug-likeness (QED) is 0.323. The van der Waals surface area contributed by atoms with Crippen molar-refractivity contribution in [2.45, 2.75) is 38.9 Å². The Labute approximate surface area is 170 Å². The van der Waals surface area contributed by atoms with Crippen LogP contribution in [0.5, 0.6) is 5.75 Å². The standard InChI is InChI=1S/C26H30OSi/c1-26(2,3)28(4,5)27-24-18-12-17-23(20-24)25(22-15-10-7-11-16-22)19-21-13-8-6-9-14-21/h6-20H,1-5H3/b25-19+. The lowest BCUT2D eigenvalue weighted by Gasteiger charge is -2.36. The molecule has 0 spiro atoms. The van der Waals surface area contributed by atoms with Crippen molar-refractivity contribution < 1.29 is 4.43 Å². The second-order valence-corrected chi connectivity index (χ2v) is 13.4. The lowest BCUT2D eigenvalue weighted by Crippen LogP contribution is -2.43. The van der Waals surface area contributed by atoms with Gasteiger partial charge in [-0.1, -0.05) is 93.6 Å². The smallest absolute Gasteiger partial charge is 0.250 e. The summed E-state index contributed by atoms with van der Waals surface area (Å²) in [7, 11) is -1.88. The van der Waals surface area contributed by atoms with E-state index in [9.17, 15) is 0 Å². The minimum absolute atomic E-state index is 0.172. The highest BCUT2D eigenvalue weighted by Crippen LogP contribution is 2.38. The summed E-state index contributed by atoms with van der Waals surface area (Å²) in [5, 5.41) is 0.172. The van der Waals surface area contributed by atoms with E-state index in [1.54, 1.807) is 0 Å². The second-order valence-electron chi connectivity index (χ2n) is 8.72. The molecular weight excluding hydrogens is 356 g/mol. The summed E-state index contributed by atoms with van der Waals surface area (Å²) in [4.78, 5) is 0. The van der Waals surface area contributed by atoms with Crippen LogP contribution in [0.15, 0.2) is 84.9 Å². The lowest BCUT2D eigenvalue weighted by molar-refractivity contribution is 0.492. The summed E-state index contributed by atoms with van der Waals surface area (Å²) in [5.41, 5.74) is 4.77. The molecule has 0 aliphatic carbocycles. The van der Waals surface area contributed by atoms with E-state index in [-0.39, 0.29) is 5.04 Å². The molecule has 0 aromatic heterocycles. The van der Waals surface area contributed by atoms with Crippen molar-refractivity contribution in [2.75, 3.05) is 0 Å². The Balaban J connectivity index is 2.04. The molecule has 144 valence electrons. The first kappa shape index (κ1) is 20.2. The third-order valence-corrected chi connectivity index (χ3v) is 9.88. The van der Waals surface area contributed by atoms with Crippen LogP contribution in [-0.2, 0) is 0 Å². The van der Waals surface area contributed by atoms with Gasteiger partial charge in [0.1, 0.15) is 5.75 Å². The predicted molar refractivity (Wildman–Crippen MR) is 124 cm³/mol. The first-order valence-corrected chi connectivity index (χ1v) is 12.8. The van der Waals surface area contributed by atoms with Gasteiger partial charge < -0.3 is 4.43 Å². The maximum Gasteiger partial charge on any atom is 0.250 e. The monoisotopic (exact) mass is 386 g/mol. The van der Waals surface area contributed by atoms with E-state index in [1.165, 1.54) is 22.3 Å². The van der Waals surface area contributed by atoms with E-state index < -0.39 is 8.32 Å². The van der Waals surface area contributed by atoms with Crippen LogP contribution in [0.1, 0.15) is 37.5 Å². The van der Waals surface area contributed by atoms with Crippen LogP contribution in [0.3, 0.4) is 0 Å². The maximum absolute atomic E-state index is 6.55. The van der Waals surface area contributed by atoms with Gasteiger partial charge in [0.2, 0.25) is 8.32 Å². The van der Waals surface area contributed by atoms with Gasteiger partial charge in [-0.2, -0.15) is 0 Å². The molecule has 0 heterocycles. The van der Waals surface area contributed by atoms with Crippen LogP contribution in [0.25, 0.3) is 11.6 Å². The Kier molecular flexibility index (Phi) is 5.90. The molecule has 3 rings (SSSR count). The van der Waals surface area contributed by atoms with E-state index in [4.69, 9.17) is 4.43 Å². The maximum atomic E-state index is 6.55. The molecule has 1 nitrogen and oxygen atoms in total. The van der Waals surface area contributed by atoms with Gasteiger partial charge >= 0.3 is 0 Å². The fourth-order valence-electron chi connectivity index (χ4n) is 2.84. The highest BCUT2D eigenvalue weighted by atomic mass is 28.4. The van der Waals surface area contributed by atoms with Gasteiger partial charge in [0.15, 0.2) is 0 Å². The van der Waals surface area contributed by atoms with Crippen LogP contribution in [0.2, 0.25) is 18.1 Å². The molecule has 0 saturated carbocycles. The molecule has 0 unspecified atom stereocenters. The van der Waals surface area contributed by atoms with Crippen molar-refractivity contribution in [1.29, 1.82) is 0 Å². The van der Waals surface area contributed by atoms with Crippen molar-refractivity contribution in [1.82, 2.24) is 0 Å². The molecule has 0 aliphatic heterocycles. The van der Waals surface area contributed by atoms with Gasteiger partial charge in [-0.3, -0.25) is 0 Å². The molecule has 0 N–H and O–H groups in total. The summed E-state index contributed by atoms with van der Waals surface area (Å²) in [6.45, 7) is 11.4. The lowest BCUT2D eigenvalue weighted by atomic mass is 9.95. The minimum Gasteiger partial charge on any atom is -0.543 e. The summed E-state index contributed by atoms with van der Waals surface area (Å²) >= 11 is 0. The fourth-order valence-corrected chi connectivity index (χ4v) is 3.86. The first-order valence-electron chi connectivity index (χ1n) is 9.88. The van der Waals surface area contributed by atoms with Crippen molar-refractivity contribution in [3.63, 3.8) is 0 Å². The Hall–Kier alpha value is -2.58. The van der Waals surface area contributed by atoms with E-state index in [0.29, 0.717) is 0 Å². The summed E-state index contributed by atoms with van der Waals surface area (Å²) < 4.78 is 6.55. The molecule has 0 fully saturated rings. The molecule has 28 heavy (non-hydrogen) atoms. The van der Waals surface area contributed by atoms with Crippen LogP contribution in [-0.4, -0.2) is 8.32 Å². The highest BCUT2D eigenvalue weighted by molar-refractivity contribution is 6.74. The summed E-state index contributed by atoms with van der Waals surface area (Å²) in [6, 6.07) is 29.6. The normalized spacial score (nSPS) is 12.7. The predicted octanol–water partition coefficient (Wildman–Crippen LogP) is 7.66. The third-order valence-electron chi connectivity index (χ3n) is 5.52. The molecule has 0 saturated heterocycles. The molecule has 3 aromatic rings. The van der Waals surface area contributed by atoms with Crippen molar-refractivity contribution in [3.8, 4) is 5.75 Å². The Morgan fingerprint density at radius 1 is 0.750 bits per heavy atom. The van der Waals surface area contributed by atoms with E-state index in [1.807, 2.05) is 6.07 Å². The number of rotatable bonds is 5. The highest BCUT2D eigenvalue weighted by Gasteiger charge is 2.38. The van der Waals surface area contributed by atoms with E-state index >= 15 is 0 Å². The number of hydrogen-bond donors (Lipinski definition) is 0. The SMILES string of the molecule is CC(C)(C)[Si](C)(C)Oc1cccc(/C(=C/c2ccccc2)c2ccccc2)c1.